The molecule has 0 aliphatic heterocycles. The van der Waals surface area contributed by atoms with Crippen LogP contribution < -0.4 is 0 Å². The standard InChI is InChI=1S/C15H22O/c1-12(2)15-7-5-13(6-8-15)9-10-16-11-14-3-4-14/h5-8,12,14H,3-4,9-11H2,1-2H3. The van der Waals surface area contributed by atoms with Crippen LogP contribution in [0.1, 0.15) is 43.7 Å². The molecule has 0 N–H and O–H groups in total. The third-order valence-corrected chi connectivity index (χ3v) is 3.23. The first-order chi connectivity index (χ1) is 7.75. The third-order valence-electron chi connectivity index (χ3n) is 3.23. The van der Waals surface area contributed by atoms with Gasteiger partial charge in [0.15, 0.2) is 0 Å². The number of benzene rings is 1. The zero-order chi connectivity index (χ0) is 11.4. The minimum Gasteiger partial charge on any atom is -0.381 e. The molecule has 0 bridgehead atoms. The van der Waals surface area contributed by atoms with E-state index in [2.05, 4.69) is 38.1 Å². The van der Waals surface area contributed by atoms with Crippen LogP contribution in [0.5, 0.6) is 0 Å². The third kappa shape index (κ3) is 3.64. The van der Waals surface area contributed by atoms with Crippen LogP contribution in [-0.4, -0.2) is 13.2 Å². The number of ether oxygens (including phenoxy) is 1. The second-order valence-electron chi connectivity index (χ2n) is 5.16. The van der Waals surface area contributed by atoms with Crippen molar-refractivity contribution in [2.45, 2.75) is 39.0 Å². The molecule has 0 heterocycles. The van der Waals surface area contributed by atoms with E-state index in [1.165, 1.54) is 24.0 Å². The molecule has 1 saturated carbocycles. The van der Waals surface area contributed by atoms with E-state index in [1.54, 1.807) is 0 Å². The molecule has 1 aliphatic rings. The summed E-state index contributed by atoms with van der Waals surface area (Å²) in [7, 11) is 0. The molecule has 0 atom stereocenters. The van der Waals surface area contributed by atoms with E-state index in [1.807, 2.05) is 0 Å². The predicted octanol–water partition coefficient (Wildman–Crippen LogP) is 3.78. The lowest BCUT2D eigenvalue weighted by Gasteiger charge is -2.07. The molecule has 1 aromatic rings. The maximum absolute atomic E-state index is 5.64. The summed E-state index contributed by atoms with van der Waals surface area (Å²) in [5.41, 5.74) is 2.81. The fourth-order valence-electron chi connectivity index (χ4n) is 1.79. The largest absolute Gasteiger partial charge is 0.381 e. The Labute approximate surface area is 98.8 Å². The highest BCUT2D eigenvalue weighted by molar-refractivity contribution is 5.24. The van der Waals surface area contributed by atoms with Gasteiger partial charge in [0.1, 0.15) is 0 Å². The van der Waals surface area contributed by atoms with E-state index in [9.17, 15) is 0 Å². The van der Waals surface area contributed by atoms with Gasteiger partial charge in [-0.2, -0.15) is 0 Å². The molecule has 0 radical (unpaired) electrons. The highest BCUT2D eigenvalue weighted by Crippen LogP contribution is 2.28. The van der Waals surface area contributed by atoms with Gasteiger partial charge in [-0.3, -0.25) is 0 Å². The topological polar surface area (TPSA) is 9.23 Å². The Morgan fingerprint density at radius 3 is 2.44 bits per heavy atom. The van der Waals surface area contributed by atoms with Crippen molar-refractivity contribution in [3.8, 4) is 0 Å². The van der Waals surface area contributed by atoms with Gasteiger partial charge in [0.05, 0.1) is 6.61 Å². The first-order valence-corrected chi connectivity index (χ1v) is 6.42. The second-order valence-corrected chi connectivity index (χ2v) is 5.16. The zero-order valence-electron chi connectivity index (χ0n) is 10.4. The minimum atomic E-state index is 0.625. The van der Waals surface area contributed by atoms with Crippen molar-refractivity contribution in [3.63, 3.8) is 0 Å². The van der Waals surface area contributed by atoms with Gasteiger partial charge in [-0.05, 0) is 42.2 Å². The maximum atomic E-state index is 5.64. The van der Waals surface area contributed by atoms with E-state index >= 15 is 0 Å². The monoisotopic (exact) mass is 218 g/mol. The lowest BCUT2D eigenvalue weighted by Crippen LogP contribution is -2.01. The van der Waals surface area contributed by atoms with E-state index in [4.69, 9.17) is 4.74 Å². The van der Waals surface area contributed by atoms with Gasteiger partial charge in [0, 0.05) is 6.61 Å². The Bertz CT molecular complexity index is 309. The van der Waals surface area contributed by atoms with E-state index in [-0.39, 0.29) is 0 Å². The smallest absolute Gasteiger partial charge is 0.0506 e. The van der Waals surface area contributed by atoms with Crippen LogP contribution in [0.3, 0.4) is 0 Å². The average molecular weight is 218 g/mol. The van der Waals surface area contributed by atoms with Crippen LogP contribution in [0.25, 0.3) is 0 Å². The fourth-order valence-corrected chi connectivity index (χ4v) is 1.79. The molecule has 0 aromatic heterocycles. The highest BCUT2D eigenvalue weighted by Gasteiger charge is 2.20. The molecule has 88 valence electrons. The van der Waals surface area contributed by atoms with Crippen molar-refractivity contribution in [1.82, 2.24) is 0 Å². The van der Waals surface area contributed by atoms with Crippen LogP contribution in [0, 0.1) is 5.92 Å². The summed E-state index contributed by atoms with van der Waals surface area (Å²) in [5, 5.41) is 0. The highest BCUT2D eigenvalue weighted by atomic mass is 16.5. The number of hydrogen-bond donors (Lipinski definition) is 0. The quantitative estimate of drug-likeness (QED) is 0.660. The van der Waals surface area contributed by atoms with Crippen LogP contribution in [0.2, 0.25) is 0 Å². The van der Waals surface area contributed by atoms with Gasteiger partial charge in [0.2, 0.25) is 0 Å². The molecular formula is C15H22O. The summed E-state index contributed by atoms with van der Waals surface area (Å²) in [6.07, 6.45) is 3.80. The van der Waals surface area contributed by atoms with Crippen LogP contribution in [-0.2, 0) is 11.2 Å². The molecule has 0 unspecified atom stereocenters. The van der Waals surface area contributed by atoms with Crippen molar-refractivity contribution in [3.05, 3.63) is 35.4 Å². The van der Waals surface area contributed by atoms with Gasteiger partial charge < -0.3 is 4.74 Å². The lowest BCUT2D eigenvalue weighted by atomic mass is 10.0. The summed E-state index contributed by atoms with van der Waals surface area (Å²) in [4.78, 5) is 0. The zero-order valence-corrected chi connectivity index (χ0v) is 10.4. The van der Waals surface area contributed by atoms with Gasteiger partial charge in [-0.15, -0.1) is 0 Å². The number of hydrogen-bond acceptors (Lipinski definition) is 1. The molecule has 1 aliphatic carbocycles. The normalized spacial score (nSPS) is 15.7. The summed E-state index contributed by atoms with van der Waals surface area (Å²) in [6.45, 7) is 6.31. The van der Waals surface area contributed by atoms with Crippen molar-refractivity contribution >= 4 is 0 Å². The summed E-state index contributed by atoms with van der Waals surface area (Å²) in [5.74, 6) is 1.50. The Kier molecular flexibility index (Phi) is 4.00. The molecule has 0 saturated heterocycles. The predicted molar refractivity (Wildman–Crippen MR) is 67.8 cm³/mol. The summed E-state index contributed by atoms with van der Waals surface area (Å²) in [6, 6.07) is 8.94. The van der Waals surface area contributed by atoms with Gasteiger partial charge in [-0.25, -0.2) is 0 Å². The first-order valence-electron chi connectivity index (χ1n) is 6.42. The Hall–Kier alpha value is -0.820. The fraction of sp³-hybridized carbons (Fsp3) is 0.600. The van der Waals surface area contributed by atoms with E-state index in [0.29, 0.717) is 5.92 Å². The minimum absolute atomic E-state index is 0.625. The molecule has 0 amide bonds. The Balaban J connectivity index is 1.71. The lowest BCUT2D eigenvalue weighted by molar-refractivity contribution is 0.127. The maximum Gasteiger partial charge on any atom is 0.0506 e. The molecule has 0 spiro atoms. The van der Waals surface area contributed by atoms with Crippen LogP contribution in [0.4, 0.5) is 0 Å². The van der Waals surface area contributed by atoms with E-state index < -0.39 is 0 Å². The molecule has 2 rings (SSSR count). The van der Waals surface area contributed by atoms with Crippen molar-refractivity contribution in [2.24, 2.45) is 5.92 Å². The Morgan fingerprint density at radius 2 is 1.88 bits per heavy atom. The van der Waals surface area contributed by atoms with Crippen LogP contribution in [0.15, 0.2) is 24.3 Å². The molecular weight excluding hydrogens is 196 g/mol. The average Bonchev–Trinajstić information content (AvgIpc) is 3.09. The number of rotatable bonds is 6. The molecule has 1 aromatic carbocycles. The summed E-state index contributed by atoms with van der Waals surface area (Å²) >= 11 is 0. The van der Waals surface area contributed by atoms with Gasteiger partial charge in [-0.1, -0.05) is 38.1 Å². The van der Waals surface area contributed by atoms with Crippen molar-refractivity contribution < 1.29 is 4.74 Å². The van der Waals surface area contributed by atoms with Crippen molar-refractivity contribution in [1.29, 1.82) is 0 Å². The van der Waals surface area contributed by atoms with Crippen LogP contribution >= 0.6 is 0 Å². The van der Waals surface area contributed by atoms with Gasteiger partial charge >= 0.3 is 0 Å². The second kappa shape index (κ2) is 5.49. The SMILES string of the molecule is CC(C)c1ccc(CCOCC2CC2)cc1. The molecule has 1 fully saturated rings. The first kappa shape index (κ1) is 11.7. The van der Waals surface area contributed by atoms with Crippen molar-refractivity contribution in [2.75, 3.05) is 13.2 Å². The van der Waals surface area contributed by atoms with E-state index in [0.717, 1.165) is 25.6 Å². The summed E-state index contributed by atoms with van der Waals surface area (Å²) < 4.78 is 5.64. The molecule has 1 heteroatoms. The Morgan fingerprint density at radius 1 is 1.19 bits per heavy atom. The van der Waals surface area contributed by atoms with Gasteiger partial charge in [0.25, 0.3) is 0 Å². The molecule has 1 nitrogen and oxygen atoms in total. The molecule has 16 heavy (non-hydrogen) atoms.